The number of carbonyl (C=O) groups excluding carboxylic acids is 1. The summed E-state index contributed by atoms with van der Waals surface area (Å²) >= 11 is 0. The summed E-state index contributed by atoms with van der Waals surface area (Å²) < 4.78 is 12.8. The van der Waals surface area contributed by atoms with E-state index >= 15 is 0 Å². The van der Waals surface area contributed by atoms with E-state index in [4.69, 9.17) is 5.73 Å². The van der Waals surface area contributed by atoms with Crippen molar-refractivity contribution in [1.29, 1.82) is 0 Å². The molecule has 1 amide bonds. The van der Waals surface area contributed by atoms with Crippen LogP contribution in [0.25, 0.3) is 0 Å². The maximum Gasteiger partial charge on any atom is 0.243 e. The van der Waals surface area contributed by atoms with Crippen LogP contribution >= 0.6 is 0 Å². The highest BCUT2D eigenvalue weighted by molar-refractivity contribution is 5.94. The highest BCUT2D eigenvalue weighted by Crippen LogP contribution is 2.29. The van der Waals surface area contributed by atoms with E-state index in [0.717, 1.165) is 24.3 Å². The number of anilines is 3. The van der Waals surface area contributed by atoms with Crippen LogP contribution in [0, 0.1) is 5.82 Å². The quantitative estimate of drug-likeness (QED) is 0.851. The Morgan fingerprint density at radius 1 is 1.24 bits per heavy atom. The van der Waals surface area contributed by atoms with Crippen molar-refractivity contribution in [3.8, 4) is 0 Å². The number of nitrogens with zero attached hydrogens (tertiary/aromatic N) is 1. The molecule has 0 saturated carbocycles. The number of nitrogens with two attached hydrogens (primary N) is 1. The molecule has 21 heavy (non-hydrogen) atoms. The molecule has 108 valence electrons. The van der Waals surface area contributed by atoms with E-state index in [1.54, 1.807) is 12.1 Å². The predicted molar refractivity (Wildman–Crippen MR) is 81.8 cm³/mol. The van der Waals surface area contributed by atoms with Gasteiger partial charge in [0.05, 0.1) is 6.54 Å². The summed E-state index contributed by atoms with van der Waals surface area (Å²) in [5.74, 6) is -0.439. The molecule has 0 bridgehead atoms. The second-order valence-corrected chi connectivity index (χ2v) is 5.11. The standard InChI is InChI=1S/C16H16FN3O/c17-12-1-4-14(5-2-12)19-16(21)10-20-8-7-11-9-13(18)3-6-15(11)20/h1-6,9H,7-8,10,18H2,(H,19,21). The van der Waals surface area contributed by atoms with E-state index in [9.17, 15) is 9.18 Å². The summed E-state index contributed by atoms with van der Waals surface area (Å²) in [5, 5.41) is 2.77. The minimum atomic E-state index is -0.320. The van der Waals surface area contributed by atoms with Crippen molar-refractivity contribution in [2.24, 2.45) is 0 Å². The molecule has 3 rings (SSSR count). The maximum atomic E-state index is 12.8. The van der Waals surface area contributed by atoms with Crippen molar-refractivity contribution in [3.63, 3.8) is 0 Å². The average molecular weight is 285 g/mol. The third-order valence-electron chi connectivity index (χ3n) is 3.56. The van der Waals surface area contributed by atoms with Crippen LogP contribution in [0.3, 0.4) is 0 Å². The van der Waals surface area contributed by atoms with Crippen LogP contribution in [0.1, 0.15) is 5.56 Å². The molecule has 0 spiro atoms. The second-order valence-electron chi connectivity index (χ2n) is 5.11. The molecule has 1 heterocycles. The first-order chi connectivity index (χ1) is 10.1. The Morgan fingerprint density at radius 3 is 2.76 bits per heavy atom. The smallest absolute Gasteiger partial charge is 0.243 e. The summed E-state index contributed by atoms with van der Waals surface area (Å²) in [7, 11) is 0. The van der Waals surface area contributed by atoms with Gasteiger partial charge < -0.3 is 16.0 Å². The number of nitrogen functional groups attached to an aromatic ring is 1. The number of amides is 1. The number of rotatable bonds is 3. The van der Waals surface area contributed by atoms with E-state index < -0.39 is 0 Å². The first-order valence-corrected chi connectivity index (χ1v) is 6.80. The molecule has 4 nitrogen and oxygen atoms in total. The summed E-state index contributed by atoms with van der Waals surface area (Å²) in [5.41, 5.74) is 9.33. The first kappa shape index (κ1) is 13.4. The number of benzene rings is 2. The number of carbonyl (C=O) groups is 1. The van der Waals surface area contributed by atoms with Crippen molar-refractivity contribution in [2.45, 2.75) is 6.42 Å². The average Bonchev–Trinajstić information content (AvgIpc) is 2.83. The highest BCUT2D eigenvalue weighted by Gasteiger charge is 2.21. The van der Waals surface area contributed by atoms with E-state index in [0.29, 0.717) is 5.69 Å². The zero-order valence-corrected chi connectivity index (χ0v) is 11.5. The Morgan fingerprint density at radius 2 is 2.00 bits per heavy atom. The van der Waals surface area contributed by atoms with Crippen molar-refractivity contribution >= 4 is 23.0 Å². The minimum absolute atomic E-state index is 0.119. The largest absolute Gasteiger partial charge is 0.399 e. The third-order valence-corrected chi connectivity index (χ3v) is 3.56. The lowest BCUT2D eigenvalue weighted by molar-refractivity contribution is -0.115. The fraction of sp³-hybridized carbons (Fsp3) is 0.188. The maximum absolute atomic E-state index is 12.8. The molecule has 0 aliphatic carbocycles. The zero-order valence-electron chi connectivity index (χ0n) is 11.5. The molecule has 2 aromatic carbocycles. The van der Waals surface area contributed by atoms with Crippen molar-refractivity contribution in [1.82, 2.24) is 0 Å². The van der Waals surface area contributed by atoms with Gasteiger partial charge in [-0.3, -0.25) is 4.79 Å². The summed E-state index contributed by atoms with van der Waals surface area (Å²) in [6, 6.07) is 11.5. The van der Waals surface area contributed by atoms with Gasteiger partial charge in [-0.25, -0.2) is 4.39 Å². The van der Waals surface area contributed by atoms with E-state index in [1.807, 2.05) is 23.1 Å². The number of hydrogen-bond acceptors (Lipinski definition) is 3. The monoisotopic (exact) mass is 285 g/mol. The number of halogens is 1. The van der Waals surface area contributed by atoms with Gasteiger partial charge in [0.15, 0.2) is 0 Å². The fourth-order valence-electron chi connectivity index (χ4n) is 2.56. The number of fused-ring (bicyclic) bond motifs is 1. The van der Waals surface area contributed by atoms with Gasteiger partial charge in [0.25, 0.3) is 0 Å². The lowest BCUT2D eigenvalue weighted by atomic mass is 10.1. The van der Waals surface area contributed by atoms with Gasteiger partial charge in [-0.15, -0.1) is 0 Å². The van der Waals surface area contributed by atoms with Gasteiger partial charge in [-0.05, 0) is 54.4 Å². The molecular weight excluding hydrogens is 269 g/mol. The first-order valence-electron chi connectivity index (χ1n) is 6.80. The van der Waals surface area contributed by atoms with Crippen LogP contribution in [0.5, 0.6) is 0 Å². The van der Waals surface area contributed by atoms with Crippen LogP contribution in [0.2, 0.25) is 0 Å². The Kier molecular flexibility index (Phi) is 3.48. The number of nitrogens with one attached hydrogen (secondary N) is 1. The molecule has 1 aliphatic heterocycles. The SMILES string of the molecule is Nc1ccc2c(c1)CCN2CC(=O)Nc1ccc(F)cc1. The van der Waals surface area contributed by atoms with Crippen LogP contribution in [-0.4, -0.2) is 19.0 Å². The lowest BCUT2D eigenvalue weighted by Crippen LogP contribution is -2.31. The Hall–Kier alpha value is -2.56. The molecule has 5 heteroatoms. The Balaban J connectivity index is 1.65. The topological polar surface area (TPSA) is 58.4 Å². The predicted octanol–water partition coefficient (Wildman–Crippen LogP) is 2.41. The van der Waals surface area contributed by atoms with E-state index in [1.165, 1.54) is 17.7 Å². The van der Waals surface area contributed by atoms with E-state index in [-0.39, 0.29) is 18.3 Å². The van der Waals surface area contributed by atoms with Gasteiger partial charge in [0.2, 0.25) is 5.91 Å². The van der Waals surface area contributed by atoms with Gasteiger partial charge in [0, 0.05) is 23.6 Å². The molecule has 3 N–H and O–H groups in total. The van der Waals surface area contributed by atoms with Crippen LogP contribution < -0.4 is 16.0 Å². The summed E-state index contributed by atoms with van der Waals surface area (Å²) in [4.78, 5) is 14.1. The summed E-state index contributed by atoms with van der Waals surface area (Å²) in [6.07, 6.45) is 0.893. The van der Waals surface area contributed by atoms with Crippen molar-refractivity contribution in [2.75, 3.05) is 29.0 Å². The van der Waals surface area contributed by atoms with Gasteiger partial charge in [0.1, 0.15) is 5.82 Å². The molecule has 0 aromatic heterocycles. The van der Waals surface area contributed by atoms with Gasteiger partial charge >= 0.3 is 0 Å². The Labute approximate surface area is 122 Å². The van der Waals surface area contributed by atoms with Crippen molar-refractivity contribution < 1.29 is 9.18 Å². The van der Waals surface area contributed by atoms with Gasteiger partial charge in [-0.2, -0.15) is 0 Å². The molecule has 0 saturated heterocycles. The fourth-order valence-corrected chi connectivity index (χ4v) is 2.56. The van der Waals surface area contributed by atoms with Gasteiger partial charge in [-0.1, -0.05) is 0 Å². The van der Waals surface area contributed by atoms with Crippen LogP contribution in [0.4, 0.5) is 21.5 Å². The van der Waals surface area contributed by atoms with Crippen LogP contribution in [0.15, 0.2) is 42.5 Å². The molecule has 0 atom stereocenters. The second kappa shape index (κ2) is 5.44. The molecule has 0 fully saturated rings. The Bertz CT molecular complexity index is 670. The minimum Gasteiger partial charge on any atom is -0.399 e. The highest BCUT2D eigenvalue weighted by atomic mass is 19.1. The third kappa shape index (κ3) is 2.97. The lowest BCUT2D eigenvalue weighted by Gasteiger charge is -2.19. The summed E-state index contributed by atoms with van der Waals surface area (Å²) in [6.45, 7) is 1.07. The molecule has 0 radical (unpaired) electrons. The normalized spacial score (nSPS) is 13.1. The van der Waals surface area contributed by atoms with E-state index in [2.05, 4.69) is 5.32 Å². The van der Waals surface area contributed by atoms with Crippen molar-refractivity contribution in [3.05, 3.63) is 53.8 Å². The van der Waals surface area contributed by atoms with Crippen LogP contribution in [-0.2, 0) is 11.2 Å². The molecule has 2 aromatic rings. The molecule has 1 aliphatic rings. The number of hydrogen-bond donors (Lipinski definition) is 2. The zero-order chi connectivity index (χ0) is 14.8. The molecular formula is C16H16FN3O. The molecule has 0 unspecified atom stereocenters.